The highest BCUT2D eigenvalue weighted by atomic mass is 16.4. The lowest BCUT2D eigenvalue weighted by Gasteiger charge is -2.26. The van der Waals surface area contributed by atoms with Gasteiger partial charge < -0.3 is 5.11 Å². The average Bonchev–Trinajstić information content (AvgIpc) is 2.49. The van der Waals surface area contributed by atoms with Gasteiger partial charge in [0.15, 0.2) is 0 Å². The minimum Gasteiger partial charge on any atom is -0.480 e. The topological polar surface area (TPSA) is 83.1 Å². The predicted molar refractivity (Wildman–Crippen MR) is 87.3 cm³/mol. The molecule has 0 spiro atoms. The smallest absolute Gasteiger partial charge is 0.329 e. The van der Waals surface area contributed by atoms with E-state index >= 15 is 0 Å². The lowest BCUT2D eigenvalue weighted by molar-refractivity contribution is -0.145. The first-order valence-electron chi connectivity index (χ1n) is 7.17. The van der Waals surface area contributed by atoms with Crippen LogP contribution in [0.15, 0.2) is 35.1 Å². The number of carboxylic acid groups (broad SMARTS) is 1. The third-order valence-corrected chi connectivity index (χ3v) is 4.09. The molecule has 118 valence electrons. The Morgan fingerprint density at radius 1 is 1.17 bits per heavy atom. The highest BCUT2D eigenvalue weighted by Gasteiger charge is 2.33. The highest BCUT2D eigenvalue weighted by Crippen LogP contribution is 2.26. The first kappa shape index (κ1) is 16.5. The highest BCUT2D eigenvalue weighted by molar-refractivity contribution is 5.77. The standard InChI is InChI=1S/C18H18N2O3/c1-11-5-6-13(9-12(11)2)15-8-7-14(10-19)16(21)20(15)18(3,4)17(22)23/h5-9H,1-4H3,(H,22,23). The lowest BCUT2D eigenvalue weighted by Crippen LogP contribution is -2.44. The van der Waals surface area contributed by atoms with Crippen molar-refractivity contribution >= 4 is 5.97 Å². The second-order valence-corrected chi connectivity index (χ2v) is 6.05. The maximum absolute atomic E-state index is 12.6. The maximum Gasteiger partial charge on any atom is 0.329 e. The van der Waals surface area contributed by atoms with Gasteiger partial charge in [-0.15, -0.1) is 0 Å². The summed E-state index contributed by atoms with van der Waals surface area (Å²) in [6.45, 7) is 6.82. The second kappa shape index (κ2) is 5.73. The van der Waals surface area contributed by atoms with Crippen LogP contribution in [0, 0.1) is 25.2 Å². The summed E-state index contributed by atoms with van der Waals surface area (Å²) in [5.74, 6) is -1.14. The summed E-state index contributed by atoms with van der Waals surface area (Å²) in [6, 6.07) is 10.5. The van der Waals surface area contributed by atoms with E-state index in [1.807, 2.05) is 38.1 Å². The Bertz CT molecular complexity index is 886. The molecular formula is C18H18N2O3. The molecule has 0 atom stereocenters. The third kappa shape index (κ3) is 2.76. The van der Waals surface area contributed by atoms with E-state index in [2.05, 4.69) is 0 Å². The number of aromatic nitrogens is 1. The summed E-state index contributed by atoms with van der Waals surface area (Å²) in [5, 5.41) is 18.6. The summed E-state index contributed by atoms with van der Waals surface area (Å²) in [6.07, 6.45) is 0. The average molecular weight is 310 g/mol. The van der Waals surface area contributed by atoms with Crippen molar-refractivity contribution in [3.8, 4) is 17.3 Å². The second-order valence-electron chi connectivity index (χ2n) is 6.05. The van der Waals surface area contributed by atoms with Gasteiger partial charge in [-0.3, -0.25) is 9.36 Å². The number of aryl methyl sites for hydroxylation is 2. The number of hydrogen-bond acceptors (Lipinski definition) is 3. The Hall–Kier alpha value is -2.87. The number of nitrogens with zero attached hydrogens (tertiary/aromatic N) is 2. The van der Waals surface area contributed by atoms with Crippen LogP contribution < -0.4 is 5.56 Å². The summed E-state index contributed by atoms with van der Waals surface area (Å²) in [5.41, 5.74) is 1.21. The van der Waals surface area contributed by atoms with Crippen molar-refractivity contribution in [2.75, 3.05) is 0 Å². The van der Waals surface area contributed by atoms with Gasteiger partial charge >= 0.3 is 5.97 Å². The molecule has 1 aromatic heterocycles. The van der Waals surface area contributed by atoms with E-state index in [9.17, 15) is 14.7 Å². The van der Waals surface area contributed by atoms with Crippen LogP contribution in [-0.4, -0.2) is 15.6 Å². The summed E-state index contributed by atoms with van der Waals surface area (Å²) in [4.78, 5) is 24.2. The molecule has 0 saturated heterocycles. The summed E-state index contributed by atoms with van der Waals surface area (Å²) < 4.78 is 1.18. The molecule has 5 nitrogen and oxygen atoms in total. The number of aliphatic carboxylic acids is 1. The van der Waals surface area contributed by atoms with Gasteiger partial charge in [0.25, 0.3) is 5.56 Å². The van der Waals surface area contributed by atoms with Crippen molar-refractivity contribution < 1.29 is 9.90 Å². The molecule has 0 unspecified atom stereocenters. The van der Waals surface area contributed by atoms with Crippen LogP contribution in [0.3, 0.4) is 0 Å². The van der Waals surface area contributed by atoms with Gasteiger partial charge in [0.05, 0.1) is 5.69 Å². The Morgan fingerprint density at radius 3 is 2.35 bits per heavy atom. The van der Waals surface area contributed by atoms with Crippen molar-refractivity contribution in [2.24, 2.45) is 0 Å². The molecule has 1 heterocycles. The molecular weight excluding hydrogens is 292 g/mol. The Labute approximate surface area is 134 Å². The number of nitriles is 1. The van der Waals surface area contributed by atoms with Crippen LogP contribution in [0.5, 0.6) is 0 Å². The number of pyridine rings is 1. The van der Waals surface area contributed by atoms with Gasteiger partial charge in [0, 0.05) is 0 Å². The van der Waals surface area contributed by atoms with Gasteiger partial charge in [-0.25, -0.2) is 4.79 Å². The number of rotatable bonds is 3. The predicted octanol–water partition coefficient (Wildman–Crippen LogP) is 2.82. The normalized spacial score (nSPS) is 11.1. The zero-order valence-corrected chi connectivity index (χ0v) is 13.5. The van der Waals surface area contributed by atoms with E-state index in [-0.39, 0.29) is 5.56 Å². The molecule has 0 aliphatic rings. The largest absolute Gasteiger partial charge is 0.480 e. The van der Waals surface area contributed by atoms with Gasteiger partial charge in [-0.1, -0.05) is 12.1 Å². The van der Waals surface area contributed by atoms with Crippen LogP contribution in [0.2, 0.25) is 0 Å². The molecule has 5 heteroatoms. The van der Waals surface area contributed by atoms with Crippen molar-refractivity contribution in [2.45, 2.75) is 33.2 Å². The summed E-state index contributed by atoms with van der Waals surface area (Å²) in [7, 11) is 0. The molecule has 1 N–H and O–H groups in total. The molecule has 0 saturated carbocycles. The lowest BCUT2D eigenvalue weighted by atomic mass is 9.99. The quantitative estimate of drug-likeness (QED) is 0.945. The minimum absolute atomic E-state index is 0.0769. The van der Waals surface area contributed by atoms with Crippen LogP contribution >= 0.6 is 0 Å². The van der Waals surface area contributed by atoms with Crippen LogP contribution in [-0.2, 0) is 10.3 Å². The van der Waals surface area contributed by atoms with E-state index < -0.39 is 17.1 Å². The zero-order valence-electron chi connectivity index (χ0n) is 13.5. The Morgan fingerprint density at radius 2 is 1.83 bits per heavy atom. The molecule has 1 aromatic carbocycles. The van der Waals surface area contributed by atoms with E-state index in [1.54, 1.807) is 6.07 Å². The maximum atomic E-state index is 12.6. The molecule has 2 aromatic rings. The molecule has 0 bridgehead atoms. The van der Waals surface area contributed by atoms with Crippen LogP contribution in [0.25, 0.3) is 11.3 Å². The van der Waals surface area contributed by atoms with Crippen molar-refractivity contribution in [3.05, 3.63) is 57.4 Å². The van der Waals surface area contributed by atoms with Gasteiger partial charge in [0.1, 0.15) is 17.2 Å². The zero-order chi connectivity index (χ0) is 17.4. The molecule has 2 rings (SSSR count). The monoisotopic (exact) mass is 310 g/mol. The van der Waals surface area contributed by atoms with Crippen LogP contribution in [0.4, 0.5) is 0 Å². The van der Waals surface area contributed by atoms with Gasteiger partial charge in [-0.05, 0) is 62.6 Å². The Kier molecular flexibility index (Phi) is 4.11. The van der Waals surface area contributed by atoms with Crippen molar-refractivity contribution in [1.29, 1.82) is 5.26 Å². The SMILES string of the molecule is Cc1ccc(-c2ccc(C#N)c(=O)n2C(C)(C)C(=O)O)cc1C. The summed E-state index contributed by atoms with van der Waals surface area (Å²) >= 11 is 0. The van der Waals surface area contributed by atoms with Crippen molar-refractivity contribution in [1.82, 2.24) is 4.57 Å². The number of hydrogen-bond donors (Lipinski definition) is 1. The first-order valence-corrected chi connectivity index (χ1v) is 7.17. The van der Waals surface area contributed by atoms with E-state index in [0.717, 1.165) is 16.7 Å². The fourth-order valence-electron chi connectivity index (χ4n) is 2.40. The molecule has 0 aliphatic carbocycles. The minimum atomic E-state index is -1.47. The molecule has 0 aliphatic heterocycles. The van der Waals surface area contributed by atoms with Crippen molar-refractivity contribution in [3.63, 3.8) is 0 Å². The number of carbonyl (C=O) groups is 1. The fourth-order valence-corrected chi connectivity index (χ4v) is 2.40. The molecule has 0 fully saturated rings. The molecule has 0 radical (unpaired) electrons. The van der Waals surface area contributed by atoms with E-state index in [1.165, 1.54) is 24.5 Å². The number of benzene rings is 1. The fraction of sp³-hybridized carbons (Fsp3) is 0.278. The van der Waals surface area contributed by atoms with E-state index in [4.69, 9.17) is 5.26 Å². The first-order chi connectivity index (χ1) is 10.7. The molecule has 0 amide bonds. The van der Waals surface area contributed by atoms with Gasteiger partial charge in [-0.2, -0.15) is 5.26 Å². The Balaban J connectivity index is 2.87. The third-order valence-electron chi connectivity index (χ3n) is 4.09. The van der Waals surface area contributed by atoms with Crippen LogP contribution in [0.1, 0.15) is 30.5 Å². The van der Waals surface area contributed by atoms with E-state index in [0.29, 0.717) is 5.69 Å². The van der Waals surface area contributed by atoms with Gasteiger partial charge in [0.2, 0.25) is 0 Å². The molecule has 23 heavy (non-hydrogen) atoms. The number of carboxylic acids is 1.